The number of fused-ring (bicyclic) bond motifs is 1. The number of nitrogens with one attached hydrogen (secondary N) is 2. The lowest BCUT2D eigenvalue weighted by molar-refractivity contribution is 0.102. The van der Waals surface area contributed by atoms with Gasteiger partial charge in [-0.1, -0.05) is 50.2 Å². The molecule has 0 aliphatic rings. The van der Waals surface area contributed by atoms with Crippen LogP contribution in [0.5, 0.6) is 0 Å². The van der Waals surface area contributed by atoms with Crippen LogP contribution in [0, 0.1) is 6.92 Å². The van der Waals surface area contributed by atoms with E-state index in [1.165, 1.54) is 0 Å². The van der Waals surface area contributed by atoms with Crippen LogP contribution in [0.4, 0.5) is 17.3 Å². The summed E-state index contributed by atoms with van der Waals surface area (Å²) in [4.78, 5) is 26.2. The minimum Gasteiger partial charge on any atom is -0.324 e. The van der Waals surface area contributed by atoms with Gasteiger partial charge in [0.25, 0.3) is 5.91 Å². The lowest BCUT2D eigenvalue weighted by Gasteiger charge is -2.14. The highest BCUT2D eigenvalue weighted by Crippen LogP contribution is 2.26. The Hall–Kier alpha value is -3.80. The number of aromatic nitrogens is 3. The van der Waals surface area contributed by atoms with Gasteiger partial charge in [0, 0.05) is 23.0 Å². The Morgan fingerprint density at radius 2 is 1.70 bits per heavy atom. The van der Waals surface area contributed by atoms with Crippen molar-refractivity contribution in [2.75, 3.05) is 10.6 Å². The van der Waals surface area contributed by atoms with E-state index in [1.54, 1.807) is 12.3 Å². The molecule has 30 heavy (non-hydrogen) atoms. The van der Waals surface area contributed by atoms with Crippen LogP contribution in [0.15, 0.2) is 66.9 Å². The number of hydrogen-bond donors (Lipinski definition) is 2. The third-order valence-electron chi connectivity index (χ3n) is 4.80. The van der Waals surface area contributed by atoms with E-state index in [1.807, 2.05) is 55.5 Å². The van der Waals surface area contributed by atoms with Crippen molar-refractivity contribution in [3.05, 3.63) is 83.8 Å². The van der Waals surface area contributed by atoms with E-state index >= 15 is 0 Å². The maximum absolute atomic E-state index is 12.9. The van der Waals surface area contributed by atoms with E-state index in [9.17, 15) is 4.79 Å². The highest BCUT2D eigenvalue weighted by Gasteiger charge is 2.14. The molecule has 0 fully saturated rings. The van der Waals surface area contributed by atoms with Crippen LogP contribution in [0.3, 0.4) is 0 Å². The number of aryl methyl sites for hydroxylation is 1. The molecule has 6 heteroatoms. The van der Waals surface area contributed by atoms with Gasteiger partial charge in [-0.25, -0.2) is 9.97 Å². The molecule has 0 spiro atoms. The predicted molar refractivity (Wildman–Crippen MR) is 120 cm³/mol. The molecular weight excluding hydrogens is 374 g/mol. The molecule has 2 N–H and O–H groups in total. The van der Waals surface area contributed by atoms with Gasteiger partial charge in [-0.05, 0) is 42.7 Å². The Balaban J connectivity index is 1.62. The summed E-state index contributed by atoms with van der Waals surface area (Å²) >= 11 is 0. The zero-order valence-electron chi connectivity index (χ0n) is 17.2. The van der Waals surface area contributed by atoms with E-state index in [4.69, 9.17) is 0 Å². The first-order chi connectivity index (χ1) is 14.5. The first-order valence-electron chi connectivity index (χ1n) is 9.88. The molecule has 2 aromatic heterocycles. The van der Waals surface area contributed by atoms with Crippen molar-refractivity contribution in [1.82, 2.24) is 15.0 Å². The van der Waals surface area contributed by atoms with Gasteiger partial charge < -0.3 is 10.6 Å². The molecule has 0 saturated heterocycles. The summed E-state index contributed by atoms with van der Waals surface area (Å²) in [7, 11) is 0. The minimum atomic E-state index is -0.307. The van der Waals surface area contributed by atoms with Gasteiger partial charge in [0.1, 0.15) is 5.69 Å². The largest absolute Gasteiger partial charge is 0.324 e. The van der Waals surface area contributed by atoms with E-state index in [0.717, 1.165) is 22.2 Å². The molecule has 0 saturated carbocycles. The van der Waals surface area contributed by atoms with E-state index in [0.29, 0.717) is 28.9 Å². The fourth-order valence-electron chi connectivity index (χ4n) is 3.37. The van der Waals surface area contributed by atoms with Crippen molar-refractivity contribution < 1.29 is 4.79 Å². The third kappa shape index (κ3) is 4.12. The molecule has 0 bridgehead atoms. The van der Waals surface area contributed by atoms with Crippen LogP contribution in [0.1, 0.15) is 41.5 Å². The van der Waals surface area contributed by atoms with Gasteiger partial charge in [0.2, 0.25) is 5.95 Å². The van der Waals surface area contributed by atoms with Gasteiger partial charge in [-0.3, -0.25) is 9.78 Å². The SMILES string of the molecule is Cc1cc(C(=O)Nc2cccc3cccnc23)nc(Nc2ccccc2C(C)C)n1. The molecule has 1 amide bonds. The maximum Gasteiger partial charge on any atom is 0.274 e. The second kappa shape index (κ2) is 8.29. The van der Waals surface area contributed by atoms with Gasteiger partial charge in [0.05, 0.1) is 11.2 Å². The molecule has 6 nitrogen and oxygen atoms in total. The highest BCUT2D eigenvalue weighted by molar-refractivity contribution is 6.07. The number of carbonyl (C=O) groups is 1. The van der Waals surface area contributed by atoms with Gasteiger partial charge in [-0.2, -0.15) is 0 Å². The van der Waals surface area contributed by atoms with Gasteiger partial charge >= 0.3 is 0 Å². The summed E-state index contributed by atoms with van der Waals surface area (Å²) in [5, 5.41) is 7.16. The molecule has 0 radical (unpaired) electrons. The van der Waals surface area contributed by atoms with Crippen LogP contribution in [-0.4, -0.2) is 20.9 Å². The number of anilines is 3. The summed E-state index contributed by atoms with van der Waals surface area (Å²) in [5.41, 5.74) is 4.48. The second-order valence-electron chi connectivity index (χ2n) is 7.42. The monoisotopic (exact) mass is 397 g/mol. The van der Waals surface area contributed by atoms with Crippen molar-refractivity contribution in [3.63, 3.8) is 0 Å². The van der Waals surface area contributed by atoms with E-state index < -0.39 is 0 Å². The quantitative estimate of drug-likeness (QED) is 0.468. The van der Waals surface area contributed by atoms with Crippen LogP contribution in [0.25, 0.3) is 10.9 Å². The van der Waals surface area contributed by atoms with E-state index in [-0.39, 0.29) is 5.91 Å². The van der Waals surface area contributed by atoms with Crippen molar-refractivity contribution in [2.24, 2.45) is 0 Å². The van der Waals surface area contributed by atoms with Crippen molar-refractivity contribution >= 4 is 34.1 Å². The number of nitrogens with zero attached hydrogens (tertiary/aromatic N) is 3. The lowest BCUT2D eigenvalue weighted by atomic mass is 10.0. The van der Waals surface area contributed by atoms with Crippen LogP contribution in [-0.2, 0) is 0 Å². The highest BCUT2D eigenvalue weighted by atomic mass is 16.1. The van der Waals surface area contributed by atoms with E-state index in [2.05, 4.69) is 45.5 Å². The molecule has 4 rings (SSSR count). The number of hydrogen-bond acceptors (Lipinski definition) is 5. The number of rotatable bonds is 5. The van der Waals surface area contributed by atoms with Crippen LogP contribution < -0.4 is 10.6 Å². The number of amides is 1. The summed E-state index contributed by atoms with van der Waals surface area (Å²) in [6, 6.07) is 19.2. The average molecular weight is 397 g/mol. The minimum absolute atomic E-state index is 0.292. The molecule has 0 atom stereocenters. The first kappa shape index (κ1) is 19.5. The Kier molecular flexibility index (Phi) is 5.39. The topological polar surface area (TPSA) is 79.8 Å². The Labute approximate surface area is 175 Å². The third-order valence-corrected chi connectivity index (χ3v) is 4.80. The fraction of sp³-hybridized carbons (Fsp3) is 0.167. The van der Waals surface area contributed by atoms with Gasteiger partial charge in [0.15, 0.2) is 0 Å². The maximum atomic E-state index is 12.9. The molecular formula is C24H23N5O. The van der Waals surface area contributed by atoms with Crippen LogP contribution >= 0.6 is 0 Å². The second-order valence-corrected chi connectivity index (χ2v) is 7.42. The number of para-hydroxylation sites is 2. The number of pyridine rings is 1. The number of benzene rings is 2. The lowest BCUT2D eigenvalue weighted by Crippen LogP contribution is -2.16. The summed E-state index contributed by atoms with van der Waals surface area (Å²) in [6.07, 6.45) is 1.71. The average Bonchev–Trinajstić information content (AvgIpc) is 2.74. The Bertz CT molecular complexity index is 1210. The normalized spacial score (nSPS) is 10.9. The summed E-state index contributed by atoms with van der Waals surface area (Å²) < 4.78 is 0. The number of carbonyl (C=O) groups excluding carboxylic acids is 1. The zero-order valence-corrected chi connectivity index (χ0v) is 17.2. The smallest absolute Gasteiger partial charge is 0.274 e. The van der Waals surface area contributed by atoms with Crippen LogP contribution in [0.2, 0.25) is 0 Å². The van der Waals surface area contributed by atoms with Crippen molar-refractivity contribution in [1.29, 1.82) is 0 Å². The molecule has 0 aliphatic heterocycles. The summed E-state index contributed by atoms with van der Waals surface area (Å²) in [6.45, 7) is 6.11. The fourth-order valence-corrected chi connectivity index (χ4v) is 3.37. The molecule has 0 aliphatic carbocycles. The van der Waals surface area contributed by atoms with Gasteiger partial charge in [-0.15, -0.1) is 0 Å². The predicted octanol–water partition coefficient (Wildman–Crippen LogP) is 5.45. The van der Waals surface area contributed by atoms with Crippen molar-refractivity contribution in [3.8, 4) is 0 Å². The molecule has 150 valence electrons. The Morgan fingerprint density at radius 3 is 2.53 bits per heavy atom. The molecule has 4 aromatic rings. The van der Waals surface area contributed by atoms with Crippen molar-refractivity contribution in [2.45, 2.75) is 26.7 Å². The first-order valence-corrected chi connectivity index (χ1v) is 9.88. The zero-order chi connectivity index (χ0) is 21.1. The molecule has 0 unspecified atom stereocenters. The Morgan fingerprint density at radius 1 is 0.933 bits per heavy atom. The standard InChI is InChI=1S/C24H23N5O/c1-15(2)18-10-4-5-11-19(18)28-24-26-16(3)14-21(29-24)23(30)27-20-12-6-8-17-9-7-13-25-22(17)20/h4-15H,1-3H3,(H,27,30)(H,26,28,29). The summed E-state index contributed by atoms with van der Waals surface area (Å²) in [5.74, 6) is 0.434. The molecule has 2 heterocycles. The molecule has 2 aromatic carbocycles.